The van der Waals surface area contributed by atoms with Crippen molar-refractivity contribution in [3.05, 3.63) is 83.9 Å². The topological polar surface area (TPSA) is 31.2 Å². The molecule has 158 valence electrons. The number of rotatable bonds is 2. The number of anilines is 2. The van der Waals surface area contributed by atoms with Gasteiger partial charge in [0, 0.05) is 36.3 Å². The molecule has 0 N–H and O–H groups in total. The molecule has 3 aromatic carbocycles. The average Bonchev–Trinajstić information content (AvgIpc) is 2.84. The zero-order valence-corrected chi connectivity index (χ0v) is 18.9. The first-order valence-corrected chi connectivity index (χ1v) is 10.9. The summed E-state index contributed by atoms with van der Waals surface area (Å²) in [7, 11) is 3.63. The fraction of sp³-hybridized carbons (Fsp3) is 0.143. The Kier molecular flexibility index (Phi) is 4.98. The Labute approximate surface area is 189 Å². The number of nitrogens with zero attached hydrogens (tertiary/aromatic N) is 4. The zero-order chi connectivity index (χ0) is 22.2. The highest BCUT2D eigenvalue weighted by molar-refractivity contribution is 6.14. The van der Waals surface area contributed by atoms with Gasteiger partial charge in [-0.25, -0.2) is 0 Å². The number of benzene rings is 3. The minimum Gasteiger partial charge on any atom is -0.300 e. The van der Waals surface area contributed by atoms with Gasteiger partial charge in [-0.15, -0.1) is 0 Å². The smallest absolute Gasteiger partial charge is 0.0937 e. The Morgan fingerprint density at radius 1 is 0.562 bits per heavy atom. The first kappa shape index (κ1) is 20.0. The molecule has 0 aliphatic carbocycles. The molecule has 0 saturated heterocycles. The van der Waals surface area contributed by atoms with Crippen LogP contribution in [0.5, 0.6) is 0 Å². The summed E-state index contributed by atoms with van der Waals surface area (Å²) < 4.78 is 0. The third kappa shape index (κ3) is 2.83. The van der Waals surface area contributed by atoms with Gasteiger partial charge >= 0.3 is 0 Å². The Morgan fingerprint density at radius 2 is 0.969 bits per heavy atom. The van der Waals surface area contributed by atoms with Crippen LogP contribution in [0.15, 0.2) is 82.8 Å². The van der Waals surface area contributed by atoms with Crippen molar-refractivity contribution < 1.29 is 0 Å². The van der Waals surface area contributed by atoms with Gasteiger partial charge in [-0.05, 0) is 37.1 Å². The van der Waals surface area contributed by atoms with Crippen LogP contribution in [-0.4, -0.2) is 26.8 Å². The number of aliphatic imine (C=N–C) groups is 2. The molecule has 32 heavy (non-hydrogen) atoms. The predicted octanol–water partition coefficient (Wildman–Crippen LogP) is 6.70. The molecule has 0 radical (unpaired) electrons. The number of fused-ring (bicyclic) bond motifs is 6. The molecular weight excluding hydrogens is 392 g/mol. The van der Waals surface area contributed by atoms with Gasteiger partial charge in [-0.1, -0.05) is 60.7 Å². The fourth-order valence-corrected chi connectivity index (χ4v) is 4.88. The van der Waals surface area contributed by atoms with Gasteiger partial charge in [0.05, 0.1) is 35.4 Å². The van der Waals surface area contributed by atoms with Gasteiger partial charge in [-0.2, -0.15) is 0 Å². The van der Waals surface area contributed by atoms with Gasteiger partial charge < -0.3 is 9.80 Å². The Balaban J connectivity index is 1.89. The van der Waals surface area contributed by atoms with E-state index in [9.17, 15) is 0 Å². The van der Waals surface area contributed by atoms with E-state index >= 15 is 0 Å². The molecule has 2 aliphatic heterocycles. The van der Waals surface area contributed by atoms with Gasteiger partial charge in [0.15, 0.2) is 0 Å². The highest BCUT2D eigenvalue weighted by Crippen LogP contribution is 2.51. The SMILES string of the molecule is C/C=C1/c2ccccc2-c2cc3c(cc2N1/C=N/C)N(/C=N/C)/C(=C\C)c1ccccc1-3. The van der Waals surface area contributed by atoms with E-state index in [2.05, 4.69) is 106 Å². The molecule has 2 heterocycles. The van der Waals surface area contributed by atoms with Crippen molar-refractivity contribution in [3.8, 4) is 22.3 Å². The fourth-order valence-electron chi connectivity index (χ4n) is 4.88. The number of allylic oxidation sites excluding steroid dienone is 2. The maximum Gasteiger partial charge on any atom is 0.0937 e. The van der Waals surface area contributed by atoms with Crippen molar-refractivity contribution in [1.29, 1.82) is 0 Å². The van der Waals surface area contributed by atoms with Crippen molar-refractivity contribution in [2.24, 2.45) is 9.98 Å². The standard InChI is InChI=1S/C28H26N4/c1-5-25-21-13-9-7-11-19(21)23-15-24-20-12-8-10-14-22(20)26(6-2)32(18-30-4)28(24)16-27(23)31(25)17-29-3/h5-18H,1-4H3/b25-5-,26-6-,29-17+,30-18+. The van der Waals surface area contributed by atoms with Crippen molar-refractivity contribution in [2.45, 2.75) is 13.8 Å². The molecule has 3 aromatic rings. The van der Waals surface area contributed by atoms with Crippen molar-refractivity contribution in [2.75, 3.05) is 23.9 Å². The summed E-state index contributed by atoms with van der Waals surface area (Å²) in [6, 6.07) is 21.8. The van der Waals surface area contributed by atoms with Crippen molar-refractivity contribution in [3.63, 3.8) is 0 Å². The molecule has 0 atom stereocenters. The van der Waals surface area contributed by atoms with E-state index in [4.69, 9.17) is 0 Å². The molecule has 2 aliphatic rings. The van der Waals surface area contributed by atoms with E-state index in [0.29, 0.717) is 0 Å². The van der Waals surface area contributed by atoms with E-state index in [0.717, 1.165) is 22.8 Å². The van der Waals surface area contributed by atoms with Crippen LogP contribution in [0.3, 0.4) is 0 Å². The molecular formula is C28H26N4. The summed E-state index contributed by atoms with van der Waals surface area (Å²) in [5.41, 5.74) is 11.8. The quantitative estimate of drug-likeness (QED) is 0.343. The lowest BCUT2D eigenvalue weighted by molar-refractivity contribution is 1.27. The van der Waals surface area contributed by atoms with Gasteiger partial charge in [0.1, 0.15) is 0 Å². The minimum atomic E-state index is 1.12. The molecule has 0 amide bonds. The maximum atomic E-state index is 4.37. The monoisotopic (exact) mass is 418 g/mol. The van der Waals surface area contributed by atoms with Crippen LogP contribution < -0.4 is 9.80 Å². The Morgan fingerprint density at radius 3 is 1.34 bits per heavy atom. The molecule has 4 nitrogen and oxygen atoms in total. The molecule has 5 rings (SSSR count). The lowest BCUT2D eigenvalue weighted by atomic mass is 9.85. The first-order valence-electron chi connectivity index (χ1n) is 10.9. The van der Waals surface area contributed by atoms with E-state index < -0.39 is 0 Å². The lowest BCUT2D eigenvalue weighted by Crippen LogP contribution is -2.27. The van der Waals surface area contributed by atoms with Crippen molar-refractivity contribution in [1.82, 2.24) is 0 Å². The molecule has 0 spiro atoms. The first-order chi connectivity index (χ1) is 15.7. The highest BCUT2D eigenvalue weighted by atomic mass is 15.2. The summed E-state index contributed by atoms with van der Waals surface area (Å²) in [4.78, 5) is 13.1. The van der Waals surface area contributed by atoms with Crippen LogP contribution in [0.25, 0.3) is 33.6 Å². The van der Waals surface area contributed by atoms with Crippen LogP contribution in [0.4, 0.5) is 11.4 Å². The van der Waals surface area contributed by atoms with Crippen LogP contribution in [-0.2, 0) is 0 Å². The van der Waals surface area contributed by atoms with Crippen LogP contribution in [0.1, 0.15) is 25.0 Å². The van der Waals surface area contributed by atoms with E-state index in [1.807, 2.05) is 26.8 Å². The maximum absolute atomic E-state index is 4.37. The van der Waals surface area contributed by atoms with Crippen molar-refractivity contribution >= 4 is 35.4 Å². The Hall–Kier alpha value is -3.92. The minimum absolute atomic E-state index is 1.12. The van der Waals surface area contributed by atoms with E-state index in [-0.39, 0.29) is 0 Å². The largest absolute Gasteiger partial charge is 0.300 e. The van der Waals surface area contributed by atoms with Gasteiger partial charge in [0.25, 0.3) is 0 Å². The normalized spacial score (nSPS) is 17.1. The molecule has 0 aromatic heterocycles. The summed E-state index contributed by atoms with van der Waals surface area (Å²) >= 11 is 0. The van der Waals surface area contributed by atoms with Crippen LogP contribution in [0.2, 0.25) is 0 Å². The highest BCUT2D eigenvalue weighted by Gasteiger charge is 2.31. The lowest BCUT2D eigenvalue weighted by Gasteiger charge is -2.37. The summed E-state index contributed by atoms with van der Waals surface area (Å²) in [5.74, 6) is 0. The third-order valence-electron chi connectivity index (χ3n) is 6.15. The third-order valence-corrected chi connectivity index (χ3v) is 6.15. The second kappa shape index (κ2) is 7.97. The average molecular weight is 419 g/mol. The Bertz CT molecular complexity index is 1230. The molecule has 0 unspecified atom stereocenters. The van der Waals surface area contributed by atoms with Gasteiger partial charge in [-0.3, -0.25) is 9.98 Å². The zero-order valence-electron chi connectivity index (χ0n) is 18.9. The van der Waals surface area contributed by atoms with Crippen LogP contribution in [0, 0.1) is 0 Å². The second-order valence-corrected chi connectivity index (χ2v) is 7.81. The van der Waals surface area contributed by atoms with E-state index in [1.54, 1.807) is 0 Å². The number of hydrogen-bond acceptors (Lipinski definition) is 2. The van der Waals surface area contributed by atoms with Gasteiger partial charge in [0.2, 0.25) is 0 Å². The second-order valence-electron chi connectivity index (χ2n) is 7.81. The molecule has 0 bridgehead atoms. The molecule has 4 heteroatoms. The molecule has 0 saturated carbocycles. The summed E-state index contributed by atoms with van der Waals surface area (Å²) in [6.07, 6.45) is 8.12. The van der Waals surface area contributed by atoms with E-state index in [1.165, 1.54) is 33.4 Å². The number of hydrogen-bond donors (Lipinski definition) is 0. The molecule has 0 fully saturated rings. The summed E-state index contributed by atoms with van der Waals surface area (Å²) in [6.45, 7) is 4.16. The predicted molar refractivity (Wildman–Crippen MR) is 138 cm³/mol. The van der Waals surface area contributed by atoms with Crippen LogP contribution >= 0.6 is 0 Å². The summed E-state index contributed by atoms with van der Waals surface area (Å²) in [5, 5.41) is 0.